The Hall–Kier alpha value is -3.27. The summed E-state index contributed by atoms with van der Waals surface area (Å²) in [5, 5.41) is 3.78. The van der Waals surface area contributed by atoms with Gasteiger partial charge in [-0.05, 0) is 73.5 Å². The van der Waals surface area contributed by atoms with Gasteiger partial charge in [0.1, 0.15) is 5.58 Å². The molecule has 2 heterocycles. The maximum absolute atomic E-state index is 13.2. The van der Waals surface area contributed by atoms with Crippen molar-refractivity contribution in [2.45, 2.75) is 17.7 Å². The molecule has 1 N–H and O–H groups in total. The van der Waals surface area contributed by atoms with E-state index in [-0.39, 0.29) is 28.8 Å². The molecule has 7 nitrogen and oxygen atoms in total. The smallest absolute Gasteiger partial charge is 0.243 e. The summed E-state index contributed by atoms with van der Waals surface area (Å²) >= 11 is 3.37. The monoisotopic (exact) mass is 566 g/mol. The van der Waals surface area contributed by atoms with Gasteiger partial charge in [0.2, 0.25) is 15.8 Å². The Kier molecular flexibility index (Phi) is 6.79. The van der Waals surface area contributed by atoms with Crippen molar-refractivity contribution in [3.63, 3.8) is 0 Å². The van der Waals surface area contributed by atoms with Crippen molar-refractivity contribution in [3.8, 4) is 0 Å². The molecule has 0 atom stereocenters. The lowest BCUT2D eigenvalue weighted by Gasteiger charge is -2.15. The summed E-state index contributed by atoms with van der Waals surface area (Å²) in [7, 11) is -3.54. The van der Waals surface area contributed by atoms with Crippen LogP contribution in [0.3, 0.4) is 0 Å². The Morgan fingerprint density at radius 1 is 0.889 bits per heavy atom. The van der Waals surface area contributed by atoms with E-state index in [2.05, 4.69) is 21.2 Å². The predicted octanol–water partition coefficient (Wildman–Crippen LogP) is 5.51. The molecule has 1 aliphatic rings. The van der Waals surface area contributed by atoms with E-state index in [0.29, 0.717) is 40.9 Å². The van der Waals surface area contributed by atoms with E-state index in [0.717, 1.165) is 17.3 Å². The van der Waals surface area contributed by atoms with Crippen molar-refractivity contribution in [2.24, 2.45) is 0 Å². The number of fused-ring (bicyclic) bond motifs is 1. The fourth-order valence-electron chi connectivity index (χ4n) is 4.27. The fourth-order valence-corrected chi connectivity index (χ4v) is 6.06. The molecule has 1 fully saturated rings. The third-order valence-electron chi connectivity index (χ3n) is 6.21. The third-order valence-corrected chi connectivity index (χ3v) is 8.65. The molecule has 0 bridgehead atoms. The highest BCUT2D eigenvalue weighted by molar-refractivity contribution is 9.10. The van der Waals surface area contributed by atoms with Gasteiger partial charge in [0.25, 0.3) is 0 Å². The van der Waals surface area contributed by atoms with Crippen LogP contribution in [-0.2, 0) is 10.0 Å². The van der Waals surface area contributed by atoms with Gasteiger partial charge in [-0.1, -0.05) is 28.1 Å². The van der Waals surface area contributed by atoms with Crippen LogP contribution in [0.4, 0.5) is 5.69 Å². The van der Waals surface area contributed by atoms with E-state index in [9.17, 15) is 18.0 Å². The second-order valence-electron chi connectivity index (χ2n) is 8.55. The van der Waals surface area contributed by atoms with Crippen LogP contribution in [0.5, 0.6) is 0 Å². The summed E-state index contributed by atoms with van der Waals surface area (Å²) in [6, 6.07) is 20.2. The number of para-hydroxylation sites is 1. The van der Waals surface area contributed by atoms with Crippen LogP contribution < -0.4 is 5.32 Å². The van der Waals surface area contributed by atoms with Crippen LogP contribution in [-0.4, -0.2) is 43.9 Å². The Balaban J connectivity index is 1.37. The largest absolute Gasteiger partial charge is 0.450 e. The number of furan rings is 1. The number of carbonyl (C=O) groups is 2. The topological polar surface area (TPSA) is 96.7 Å². The van der Waals surface area contributed by atoms with E-state index in [1.807, 2.05) is 18.2 Å². The van der Waals surface area contributed by atoms with Gasteiger partial charge in [-0.3, -0.25) is 9.59 Å². The van der Waals surface area contributed by atoms with Crippen LogP contribution in [0.15, 0.2) is 86.6 Å². The maximum Gasteiger partial charge on any atom is 0.243 e. The lowest BCUT2D eigenvalue weighted by Crippen LogP contribution is -2.27. The number of carbonyl (C=O) groups excluding carboxylic acids is 2. The van der Waals surface area contributed by atoms with Crippen molar-refractivity contribution >= 4 is 54.2 Å². The molecular weight excluding hydrogens is 544 g/mol. The number of sulfonamides is 1. The number of benzene rings is 3. The van der Waals surface area contributed by atoms with Crippen molar-refractivity contribution in [1.82, 2.24) is 4.31 Å². The van der Waals surface area contributed by atoms with E-state index < -0.39 is 10.0 Å². The summed E-state index contributed by atoms with van der Waals surface area (Å²) < 4.78 is 33.7. The summed E-state index contributed by atoms with van der Waals surface area (Å²) in [6.07, 6.45) is 1.72. The van der Waals surface area contributed by atoms with Crippen molar-refractivity contribution in [2.75, 3.05) is 25.0 Å². The minimum Gasteiger partial charge on any atom is -0.450 e. The molecule has 3 aromatic carbocycles. The van der Waals surface area contributed by atoms with Gasteiger partial charge in [-0.2, -0.15) is 4.31 Å². The van der Waals surface area contributed by atoms with Crippen LogP contribution in [0.2, 0.25) is 0 Å². The molecule has 0 radical (unpaired) electrons. The van der Waals surface area contributed by atoms with Crippen LogP contribution in [0.25, 0.3) is 11.0 Å². The third kappa shape index (κ3) is 4.74. The summed E-state index contributed by atoms with van der Waals surface area (Å²) in [5.41, 5.74) is 1.81. The minimum atomic E-state index is -3.54. The van der Waals surface area contributed by atoms with E-state index in [1.54, 1.807) is 30.3 Å². The molecule has 0 unspecified atom stereocenters. The summed E-state index contributed by atoms with van der Waals surface area (Å²) in [5.74, 6) is -0.420. The van der Waals surface area contributed by atoms with Crippen LogP contribution in [0, 0.1) is 0 Å². The quantitative estimate of drug-likeness (QED) is 0.282. The molecule has 9 heteroatoms. The van der Waals surface area contributed by atoms with Crippen LogP contribution >= 0.6 is 15.9 Å². The lowest BCUT2D eigenvalue weighted by atomic mass is 10.1. The van der Waals surface area contributed by atoms with Crippen molar-refractivity contribution < 1.29 is 22.4 Å². The Morgan fingerprint density at radius 3 is 2.22 bits per heavy atom. The first-order valence-electron chi connectivity index (χ1n) is 11.5. The van der Waals surface area contributed by atoms with Gasteiger partial charge in [0.15, 0.2) is 11.5 Å². The van der Waals surface area contributed by atoms with E-state index in [4.69, 9.17) is 4.42 Å². The summed E-state index contributed by atoms with van der Waals surface area (Å²) in [6.45, 7) is 0.947. The van der Waals surface area contributed by atoms with Gasteiger partial charge in [-0.15, -0.1) is 0 Å². The standard InChI is InChI=1S/C27H23BrN2O5S/c28-20-11-7-19(8-12-20)26(32)27-25(22-5-1-2-6-24(22)35-27)29-17-23(31)18-9-13-21(14-10-18)36(33,34)30-15-3-4-16-30/h1-2,5-14,29H,3-4,15-17H2. The van der Waals surface area contributed by atoms with Crippen LogP contribution in [0.1, 0.15) is 39.3 Å². The highest BCUT2D eigenvalue weighted by Gasteiger charge is 2.27. The molecule has 1 aliphatic heterocycles. The number of rotatable bonds is 8. The number of nitrogens with zero attached hydrogens (tertiary/aromatic N) is 1. The molecule has 0 aliphatic carbocycles. The molecule has 1 saturated heterocycles. The maximum atomic E-state index is 13.2. The average Bonchev–Trinajstić information content (AvgIpc) is 3.56. The fraction of sp³-hybridized carbons (Fsp3) is 0.185. The Morgan fingerprint density at radius 2 is 1.53 bits per heavy atom. The molecule has 1 aromatic heterocycles. The lowest BCUT2D eigenvalue weighted by molar-refractivity contribution is 0.0997. The van der Waals surface area contributed by atoms with Gasteiger partial charge in [0.05, 0.1) is 17.1 Å². The molecule has 0 spiro atoms. The molecule has 4 aromatic rings. The molecule has 0 amide bonds. The first-order valence-corrected chi connectivity index (χ1v) is 13.8. The Bertz CT molecular complexity index is 1540. The first-order chi connectivity index (χ1) is 17.3. The molecule has 36 heavy (non-hydrogen) atoms. The molecule has 184 valence electrons. The average molecular weight is 567 g/mol. The minimum absolute atomic E-state index is 0.0949. The zero-order valence-electron chi connectivity index (χ0n) is 19.2. The number of halogens is 1. The van der Waals surface area contributed by atoms with E-state index >= 15 is 0 Å². The zero-order valence-corrected chi connectivity index (χ0v) is 21.6. The highest BCUT2D eigenvalue weighted by Crippen LogP contribution is 2.33. The number of nitrogens with one attached hydrogen (secondary N) is 1. The molecular formula is C27H23BrN2O5S. The van der Waals surface area contributed by atoms with Crippen molar-refractivity contribution in [3.05, 3.63) is 94.2 Å². The number of anilines is 1. The number of hydrogen-bond donors (Lipinski definition) is 1. The SMILES string of the molecule is O=C(CNc1c(C(=O)c2ccc(Br)cc2)oc2ccccc12)c1ccc(S(=O)(=O)N2CCCC2)cc1. The van der Waals surface area contributed by atoms with Crippen molar-refractivity contribution in [1.29, 1.82) is 0 Å². The predicted molar refractivity (Wildman–Crippen MR) is 141 cm³/mol. The summed E-state index contributed by atoms with van der Waals surface area (Å²) in [4.78, 5) is 26.3. The highest BCUT2D eigenvalue weighted by atomic mass is 79.9. The second kappa shape index (κ2) is 10.0. The van der Waals surface area contributed by atoms with Gasteiger partial charge in [-0.25, -0.2) is 8.42 Å². The zero-order chi connectivity index (χ0) is 25.3. The molecule has 5 rings (SSSR count). The normalized spacial score (nSPS) is 14.2. The number of hydrogen-bond acceptors (Lipinski definition) is 6. The Labute approximate surface area is 217 Å². The van der Waals surface area contributed by atoms with Gasteiger partial charge in [0, 0.05) is 34.1 Å². The number of Topliss-reactive ketones (excluding diaryl/α,β-unsaturated/α-hetero) is 1. The number of ketones is 2. The molecule has 0 saturated carbocycles. The van der Waals surface area contributed by atoms with E-state index in [1.165, 1.54) is 28.6 Å². The van der Waals surface area contributed by atoms with Gasteiger partial charge < -0.3 is 9.73 Å². The first kappa shape index (κ1) is 24.4. The van der Waals surface area contributed by atoms with Gasteiger partial charge >= 0.3 is 0 Å². The second-order valence-corrected chi connectivity index (χ2v) is 11.4.